The maximum Gasteiger partial charge on any atom is 0.230 e. The van der Waals surface area contributed by atoms with Gasteiger partial charge in [0, 0.05) is 6.04 Å². The molecule has 1 saturated carbocycles. The normalized spacial score (nSPS) is 16.8. The zero-order chi connectivity index (χ0) is 12.3. The lowest BCUT2D eigenvalue weighted by Crippen LogP contribution is -2.33. The average Bonchev–Trinajstić information content (AvgIpc) is 3.05. The van der Waals surface area contributed by atoms with Gasteiger partial charge in [-0.05, 0) is 36.6 Å². The molecule has 1 atom stereocenters. The van der Waals surface area contributed by atoms with Gasteiger partial charge in [-0.3, -0.25) is 4.79 Å². The molecule has 7 heteroatoms. The van der Waals surface area contributed by atoms with Crippen molar-refractivity contribution in [2.75, 3.05) is 5.75 Å². The van der Waals surface area contributed by atoms with Gasteiger partial charge in [-0.15, -0.1) is 5.10 Å². The number of thioether (sulfide) groups is 1. The summed E-state index contributed by atoms with van der Waals surface area (Å²) in [6, 6.07) is 0.674. The highest BCUT2D eigenvalue weighted by molar-refractivity contribution is 7.99. The van der Waals surface area contributed by atoms with Crippen molar-refractivity contribution in [3.05, 3.63) is 0 Å². The smallest absolute Gasteiger partial charge is 0.230 e. The summed E-state index contributed by atoms with van der Waals surface area (Å²) in [7, 11) is 0. The first-order chi connectivity index (χ1) is 8.20. The van der Waals surface area contributed by atoms with E-state index in [1.807, 2.05) is 18.5 Å². The standard InChI is InChI=1S/C10H17N5OS/c1-3-7(2)11-9(16)6-17-10-12-13-14-15(10)8-4-5-8/h7-8H,3-6H2,1-2H3,(H,11,16)/t7-/m1/s1. The van der Waals surface area contributed by atoms with Gasteiger partial charge in [0.2, 0.25) is 11.1 Å². The summed E-state index contributed by atoms with van der Waals surface area (Å²) in [5.41, 5.74) is 0. The van der Waals surface area contributed by atoms with E-state index in [-0.39, 0.29) is 11.9 Å². The summed E-state index contributed by atoms with van der Waals surface area (Å²) in [5, 5.41) is 15.2. The Kier molecular flexibility index (Phi) is 3.98. The molecular formula is C10H17N5OS. The van der Waals surface area contributed by atoms with Crippen LogP contribution in [0.3, 0.4) is 0 Å². The molecule has 1 heterocycles. The van der Waals surface area contributed by atoms with Gasteiger partial charge in [0.1, 0.15) is 0 Å². The van der Waals surface area contributed by atoms with E-state index < -0.39 is 0 Å². The Morgan fingerprint density at radius 1 is 1.65 bits per heavy atom. The van der Waals surface area contributed by atoms with E-state index in [9.17, 15) is 4.79 Å². The third-order valence-electron chi connectivity index (χ3n) is 2.71. The molecule has 1 fully saturated rings. The summed E-state index contributed by atoms with van der Waals surface area (Å²) in [6.07, 6.45) is 3.21. The highest BCUT2D eigenvalue weighted by atomic mass is 32.2. The number of aromatic nitrogens is 4. The van der Waals surface area contributed by atoms with E-state index in [4.69, 9.17) is 0 Å². The first-order valence-electron chi connectivity index (χ1n) is 5.90. The zero-order valence-corrected chi connectivity index (χ0v) is 10.9. The molecule has 0 unspecified atom stereocenters. The van der Waals surface area contributed by atoms with Gasteiger partial charge in [-0.25, -0.2) is 4.68 Å². The summed E-state index contributed by atoms with van der Waals surface area (Å²) in [4.78, 5) is 11.6. The van der Waals surface area contributed by atoms with Crippen LogP contribution in [0.25, 0.3) is 0 Å². The topological polar surface area (TPSA) is 72.7 Å². The number of tetrazole rings is 1. The molecule has 1 aliphatic rings. The Labute approximate surface area is 105 Å². The molecule has 17 heavy (non-hydrogen) atoms. The molecule has 0 radical (unpaired) electrons. The fourth-order valence-corrected chi connectivity index (χ4v) is 2.13. The Hall–Kier alpha value is -1.11. The summed E-state index contributed by atoms with van der Waals surface area (Å²) >= 11 is 1.40. The van der Waals surface area contributed by atoms with Crippen LogP contribution in [0.1, 0.15) is 39.2 Å². The number of carbonyl (C=O) groups is 1. The number of hydrogen-bond acceptors (Lipinski definition) is 5. The minimum Gasteiger partial charge on any atom is -0.353 e. The van der Waals surface area contributed by atoms with Gasteiger partial charge in [-0.2, -0.15) is 0 Å². The highest BCUT2D eigenvalue weighted by Crippen LogP contribution is 2.36. The zero-order valence-electron chi connectivity index (χ0n) is 10.1. The van der Waals surface area contributed by atoms with E-state index >= 15 is 0 Å². The van der Waals surface area contributed by atoms with Crippen LogP contribution < -0.4 is 5.32 Å². The Balaban J connectivity index is 1.80. The Bertz CT molecular complexity index is 390. The third-order valence-corrected chi connectivity index (χ3v) is 3.64. The molecular weight excluding hydrogens is 238 g/mol. The number of nitrogens with zero attached hydrogens (tertiary/aromatic N) is 4. The largest absolute Gasteiger partial charge is 0.353 e. The number of hydrogen-bond donors (Lipinski definition) is 1. The number of amides is 1. The van der Waals surface area contributed by atoms with E-state index in [2.05, 4.69) is 20.8 Å². The van der Waals surface area contributed by atoms with Gasteiger partial charge < -0.3 is 5.32 Å². The van der Waals surface area contributed by atoms with Crippen molar-refractivity contribution in [3.8, 4) is 0 Å². The predicted molar refractivity (Wildman–Crippen MR) is 64.7 cm³/mol. The minimum atomic E-state index is 0.0368. The molecule has 0 aliphatic heterocycles. The Morgan fingerprint density at radius 3 is 3.06 bits per heavy atom. The van der Waals surface area contributed by atoms with Crippen molar-refractivity contribution in [1.29, 1.82) is 0 Å². The molecule has 0 aromatic carbocycles. The second-order valence-corrected chi connectivity index (χ2v) is 5.25. The number of rotatable bonds is 6. The first-order valence-corrected chi connectivity index (χ1v) is 6.89. The van der Waals surface area contributed by atoms with E-state index in [1.54, 1.807) is 0 Å². The lowest BCUT2D eigenvalue weighted by Gasteiger charge is -2.10. The lowest BCUT2D eigenvalue weighted by molar-refractivity contribution is -0.119. The second-order valence-electron chi connectivity index (χ2n) is 4.30. The van der Waals surface area contributed by atoms with Crippen molar-refractivity contribution in [2.45, 2.75) is 50.4 Å². The van der Waals surface area contributed by atoms with Crippen LogP contribution >= 0.6 is 11.8 Å². The Morgan fingerprint density at radius 2 is 2.41 bits per heavy atom. The van der Waals surface area contributed by atoms with E-state index in [1.165, 1.54) is 11.8 Å². The quantitative estimate of drug-likeness (QED) is 0.768. The first kappa shape index (κ1) is 12.3. The second kappa shape index (κ2) is 5.48. The van der Waals surface area contributed by atoms with Gasteiger partial charge in [-0.1, -0.05) is 18.7 Å². The fourth-order valence-electron chi connectivity index (χ4n) is 1.38. The van der Waals surface area contributed by atoms with Crippen molar-refractivity contribution in [1.82, 2.24) is 25.5 Å². The lowest BCUT2D eigenvalue weighted by atomic mass is 10.3. The van der Waals surface area contributed by atoms with E-state index in [0.29, 0.717) is 11.8 Å². The monoisotopic (exact) mass is 255 g/mol. The van der Waals surface area contributed by atoms with Crippen molar-refractivity contribution in [2.24, 2.45) is 0 Å². The molecule has 1 aromatic heterocycles. The number of carbonyl (C=O) groups excluding carboxylic acids is 1. The van der Waals surface area contributed by atoms with Crippen molar-refractivity contribution in [3.63, 3.8) is 0 Å². The van der Waals surface area contributed by atoms with Crippen LogP contribution in [0, 0.1) is 0 Å². The van der Waals surface area contributed by atoms with E-state index in [0.717, 1.165) is 24.4 Å². The van der Waals surface area contributed by atoms with Crippen molar-refractivity contribution >= 4 is 17.7 Å². The maximum atomic E-state index is 11.6. The average molecular weight is 255 g/mol. The molecule has 1 aromatic rings. The van der Waals surface area contributed by atoms with Gasteiger partial charge in [0.25, 0.3) is 0 Å². The maximum absolute atomic E-state index is 11.6. The minimum absolute atomic E-state index is 0.0368. The summed E-state index contributed by atoms with van der Waals surface area (Å²) < 4.78 is 1.82. The molecule has 0 saturated heterocycles. The van der Waals surface area contributed by atoms with Gasteiger partial charge >= 0.3 is 0 Å². The van der Waals surface area contributed by atoms with Crippen LogP contribution in [0.4, 0.5) is 0 Å². The summed E-state index contributed by atoms with van der Waals surface area (Å²) in [5.74, 6) is 0.409. The highest BCUT2D eigenvalue weighted by Gasteiger charge is 2.28. The molecule has 1 N–H and O–H groups in total. The third kappa shape index (κ3) is 3.42. The van der Waals surface area contributed by atoms with Crippen molar-refractivity contribution < 1.29 is 4.79 Å². The molecule has 2 rings (SSSR count). The molecule has 0 spiro atoms. The van der Waals surface area contributed by atoms with Crippen LogP contribution in [-0.4, -0.2) is 37.9 Å². The molecule has 94 valence electrons. The van der Waals surface area contributed by atoms with Crippen LogP contribution in [-0.2, 0) is 4.79 Å². The van der Waals surface area contributed by atoms with Crippen LogP contribution in [0.15, 0.2) is 5.16 Å². The predicted octanol–water partition coefficient (Wildman–Crippen LogP) is 1.01. The molecule has 0 bridgehead atoms. The molecule has 1 aliphatic carbocycles. The number of nitrogens with one attached hydrogen (secondary N) is 1. The van der Waals surface area contributed by atoms with Crippen LogP contribution in [0.5, 0.6) is 0 Å². The molecule has 1 amide bonds. The van der Waals surface area contributed by atoms with Gasteiger partial charge in [0.05, 0.1) is 11.8 Å². The fraction of sp³-hybridized carbons (Fsp3) is 0.800. The summed E-state index contributed by atoms with van der Waals surface area (Å²) in [6.45, 7) is 4.04. The van der Waals surface area contributed by atoms with Gasteiger partial charge in [0.15, 0.2) is 0 Å². The SMILES string of the molecule is CC[C@@H](C)NC(=O)CSc1nnnn1C1CC1. The molecule has 6 nitrogen and oxygen atoms in total. The van der Waals surface area contributed by atoms with Crippen LogP contribution in [0.2, 0.25) is 0 Å².